The van der Waals surface area contributed by atoms with Gasteiger partial charge in [-0.3, -0.25) is 0 Å². The highest BCUT2D eigenvalue weighted by atomic mass is 32.1. The monoisotopic (exact) mass is 620 g/mol. The fraction of sp³-hybridized carbons (Fsp3) is 0.167. The fourth-order valence-corrected chi connectivity index (χ4v) is 7.07. The molecule has 1 aromatic heterocycles. The van der Waals surface area contributed by atoms with E-state index in [4.69, 9.17) is 28.4 Å². The second-order valence-corrected chi connectivity index (χ2v) is 12.0. The molecule has 3 heterocycles. The van der Waals surface area contributed by atoms with Crippen molar-refractivity contribution < 1.29 is 38.0 Å². The van der Waals surface area contributed by atoms with Gasteiger partial charge in [-0.15, -0.1) is 11.3 Å². The van der Waals surface area contributed by atoms with E-state index < -0.39 is 11.9 Å². The molecule has 2 aliphatic heterocycles. The summed E-state index contributed by atoms with van der Waals surface area (Å²) < 4.78 is 34.2. The predicted molar refractivity (Wildman–Crippen MR) is 171 cm³/mol. The van der Waals surface area contributed by atoms with Crippen LogP contribution in [0.5, 0.6) is 34.5 Å². The van der Waals surface area contributed by atoms with Crippen LogP contribution in [0.15, 0.2) is 60.7 Å². The van der Waals surface area contributed by atoms with E-state index in [-0.39, 0.29) is 0 Å². The Kier molecular flexibility index (Phi) is 6.78. The van der Waals surface area contributed by atoms with Crippen molar-refractivity contribution in [3.05, 3.63) is 92.7 Å². The number of esters is 2. The third kappa shape index (κ3) is 4.34. The molecule has 4 aromatic carbocycles. The molecule has 0 bridgehead atoms. The number of aryl methyl sites for hydroxylation is 2. The highest BCUT2D eigenvalue weighted by molar-refractivity contribution is 7.15. The van der Waals surface area contributed by atoms with Crippen molar-refractivity contribution in [3.63, 3.8) is 0 Å². The van der Waals surface area contributed by atoms with E-state index in [0.29, 0.717) is 78.0 Å². The van der Waals surface area contributed by atoms with Crippen molar-refractivity contribution in [1.82, 2.24) is 0 Å². The Morgan fingerprint density at radius 1 is 0.600 bits per heavy atom. The minimum atomic E-state index is -0.483. The van der Waals surface area contributed by atoms with Gasteiger partial charge in [0.15, 0.2) is 23.0 Å². The Morgan fingerprint density at radius 2 is 1.13 bits per heavy atom. The third-order valence-electron chi connectivity index (χ3n) is 8.17. The first-order valence-electron chi connectivity index (χ1n) is 14.1. The smallest absolute Gasteiger partial charge is 0.344 e. The highest BCUT2D eigenvalue weighted by Crippen LogP contribution is 2.44. The van der Waals surface area contributed by atoms with E-state index in [1.807, 2.05) is 62.4 Å². The summed E-state index contributed by atoms with van der Waals surface area (Å²) in [6, 6.07) is 18.8. The number of hydrogen-bond donors (Lipinski definition) is 0. The average Bonchev–Trinajstić information content (AvgIpc) is 3.73. The first-order chi connectivity index (χ1) is 21.8. The molecule has 0 radical (unpaired) electrons. The molecule has 0 N–H and O–H groups in total. The topological polar surface area (TPSA) is 89.5 Å². The Balaban J connectivity index is 1.44. The summed E-state index contributed by atoms with van der Waals surface area (Å²) in [5, 5.41) is 2.59. The number of fused-ring (bicyclic) bond motifs is 5. The Hall–Kier alpha value is -5.28. The lowest BCUT2D eigenvalue weighted by Gasteiger charge is -2.14. The zero-order chi connectivity index (χ0) is 31.6. The number of benzene rings is 4. The summed E-state index contributed by atoms with van der Waals surface area (Å²) in [5.74, 6) is 2.07. The van der Waals surface area contributed by atoms with Crippen LogP contribution < -0.4 is 38.9 Å². The van der Waals surface area contributed by atoms with E-state index in [9.17, 15) is 9.59 Å². The number of methoxy groups -OCH3 is 4. The van der Waals surface area contributed by atoms with E-state index in [2.05, 4.69) is 0 Å². The maximum Gasteiger partial charge on any atom is 0.344 e. The second-order valence-electron chi connectivity index (χ2n) is 10.7. The molecule has 9 heteroatoms. The summed E-state index contributed by atoms with van der Waals surface area (Å²) in [6.45, 7) is 3.93. The Bertz CT molecular complexity index is 2230. The predicted octanol–water partition coefficient (Wildman–Crippen LogP) is 5.46. The quantitative estimate of drug-likeness (QED) is 0.175. The molecule has 0 atom stereocenters. The Morgan fingerprint density at radius 3 is 1.62 bits per heavy atom. The molecular formula is C36H28O8S. The maximum absolute atomic E-state index is 13.5. The SMILES string of the molecule is COc1cc(C2=c3ccc4c5c(ccc4c3OC2=O)=C(c2cc(OC)c(OC)c(-c3ccc(C)s3)c2)C(=O)O5)cc(C)c1OC. The largest absolute Gasteiger partial charge is 0.493 e. The van der Waals surface area contributed by atoms with Crippen LogP contribution in [0.25, 0.3) is 32.4 Å². The van der Waals surface area contributed by atoms with Crippen molar-refractivity contribution in [3.8, 4) is 44.9 Å². The van der Waals surface area contributed by atoms with Gasteiger partial charge in [-0.05, 0) is 91.2 Å². The van der Waals surface area contributed by atoms with Gasteiger partial charge in [0.25, 0.3) is 0 Å². The fourth-order valence-electron chi connectivity index (χ4n) is 6.19. The van der Waals surface area contributed by atoms with Gasteiger partial charge >= 0.3 is 11.9 Å². The minimum Gasteiger partial charge on any atom is -0.493 e. The van der Waals surface area contributed by atoms with Crippen molar-refractivity contribution in [2.75, 3.05) is 28.4 Å². The van der Waals surface area contributed by atoms with E-state index in [1.54, 1.807) is 51.9 Å². The van der Waals surface area contributed by atoms with Crippen LogP contribution in [0.2, 0.25) is 0 Å². The summed E-state index contributed by atoms with van der Waals surface area (Å²) in [7, 11) is 6.30. The summed E-state index contributed by atoms with van der Waals surface area (Å²) >= 11 is 1.63. The lowest BCUT2D eigenvalue weighted by Crippen LogP contribution is -2.08. The van der Waals surface area contributed by atoms with Gasteiger partial charge in [0.2, 0.25) is 0 Å². The van der Waals surface area contributed by atoms with Crippen LogP contribution in [0.4, 0.5) is 0 Å². The molecule has 7 rings (SSSR count). The highest BCUT2D eigenvalue weighted by Gasteiger charge is 2.32. The van der Waals surface area contributed by atoms with Crippen LogP contribution >= 0.6 is 11.3 Å². The molecule has 0 aliphatic carbocycles. The molecule has 0 fully saturated rings. The number of carbonyl (C=O) groups excluding carboxylic acids is 2. The van der Waals surface area contributed by atoms with Gasteiger partial charge in [-0.1, -0.05) is 0 Å². The maximum atomic E-state index is 13.5. The van der Waals surface area contributed by atoms with E-state index in [0.717, 1.165) is 20.9 Å². The molecule has 8 nitrogen and oxygen atoms in total. The average molecular weight is 621 g/mol. The summed E-state index contributed by atoms with van der Waals surface area (Å²) in [6.07, 6.45) is 0. The van der Waals surface area contributed by atoms with Gasteiger partial charge in [0.1, 0.15) is 11.5 Å². The zero-order valence-electron chi connectivity index (χ0n) is 25.4. The lowest BCUT2D eigenvalue weighted by atomic mass is 9.97. The van der Waals surface area contributed by atoms with E-state index >= 15 is 0 Å². The van der Waals surface area contributed by atoms with Crippen LogP contribution in [0.3, 0.4) is 0 Å². The number of carbonyl (C=O) groups is 2. The second kappa shape index (κ2) is 10.7. The third-order valence-corrected chi connectivity index (χ3v) is 9.20. The molecule has 0 spiro atoms. The number of ether oxygens (including phenoxy) is 6. The van der Waals surface area contributed by atoms with Crippen LogP contribution in [0.1, 0.15) is 21.6 Å². The molecule has 0 amide bonds. The van der Waals surface area contributed by atoms with Crippen LogP contribution in [-0.4, -0.2) is 40.4 Å². The van der Waals surface area contributed by atoms with Crippen molar-refractivity contribution in [2.45, 2.75) is 13.8 Å². The van der Waals surface area contributed by atoms with Gasteiger partial charge < -0.3 is 28.4 Å². The molecule has 226 valence electrons. The van der Waals surface area contributed by atoms with Gasteiger partial charge in [0.05, 0.1) is 39.6 Å². The lowest BCUT2D eigenvalue weighted by molar-refractivity contribution is -0.128. The standard InChI is InChI=1S/C36H28O8S/c1-17-13-19(15-26(39-3)31(17)41-5)29-23-10-8-22-21(32(23)43-35(29)37)9-11-24-30(36(38)44-33(22)24)20-14-25(28-12-7-18(2)45-28)34(42-6)27(16-20)40-4/h7-16H,1-6H3. The number of rotatable bonds is 7. The van der Waals surface area contributed by atoms with Gasteiger partial charge in [-0.25, -0.2) is 9.59 Å². The molecule has 2 aliphatic rings. The van der Waals surface area contributed by atoms with Crippen molar-refractivity contribution >= 4 is 45.2 Å². The van der Waals surface area contributed by atoms with Gasteiger partial charge in [-0.2, -0.15) is 0 Å². The molecule has 0 saturated carbocycles. The number of thiophene rings is 1. The van der Waals surface area contributed by atoms with Gasteiger partial charge in [0, 0.05) is 36.5 Å². The number of hydrogen-bond acceptors (Lipinski definition) is 9. The molecular weight excluding hydrogens is 592 g/mol. The normalized spacial score (nSPS) is 13.5. The minimum absolute atomic E-state index is 0.407. The van der Waals surface area contributed by atoms with Crippen LogP contribution in [0, 0.1) is 13.8 Å². The summed E-state index contributed by atoms with van der Waals surface area (Å²) in [5.41, 5.74) is 3.76. The summed E-state index contributed by atoms with van der Waals surface area (Å²) in [4.78, 5) is 28.9. The molecule has 0 saturated heterocycles. The first kappa shape index (κ1) is 28.5. The first-order valence-corrected chi connectivity index (χ1v) is 14.9. The zero-order valence-corrected chi connectivity index (χ0v) is 26.3. The molecule has 0 unspecified atom stereocenters. The van der Waals surface area contributed by atoms with Crippen molar-refractivity contribution in [1.29, 1.82) is 0 Å². The molecule has 5 aromatic rings. The van der Waals surface area contributed by atoms with Crippen molar-refractivity contribution in [2.24, 2.45) is 0 Å². The Labute approximate surface area is 262 Å². The van der Waals surface area contributed by atoms with E-state index in [1.165, 1.54) is 0 Å². The molecule has 45 heavy (non-hydrogen) atoms. The van der Waals surface area contributed by atoms with Crippen LogP contribution in [-0.2, 0) is 9.59 Å².